The van der Waals surface area contributed by atoms with Crippen LogP contribution in [0.2, 0.25) is 0 Å². The van der Waals surface area contributed by atoms with Gasteiger partial charge in [0, 0.05) is 11.1 Å². The molecule has 0 aliphatic heterocycles. The highest BCUT2D eigenvalue weighted by Gasteiger charge is 2.34. The molecule has 2 heterocycles. The van der Waals surface area contributed by atoms with Crippen molar-refractivity contribution in [2.24, 2.45) is 0 Å². The van der Waals surface area contributed by atoms with E-state index in [2.05, 4.69) is 4.74 Å². The van der Waals surface area contributed by atoms with E-state index in [0.717, 1.165) is 22.0 Å². The lowest BCUT2D eigenvalue weighted by atomic mass is 10.2. The first kappa shape index (κ1) is 15.3. The summed E-state index contributed by atoms with van der Waals surface area (Å²) in [6.07, 6.45) is -3.41. The quantitative estimate of drug-likeness (QED) is 0.818. The van der Waals surface area contributed by atoms with Crippen molar-refractivity contribution >= 4 is 17.3 Å². The van der Waals surface area contributed by atoms with E-state index < -0.39 is 23.3 Å². The molecule has 2 aromatic rings. The van der Waals surface area contributed by atoms with E-state index in [0.29, 0.717) is 9.75 Å². The van der Waals surface area contributed by atoms with Crippen molar-refractivity contribution in [2.75, 3.05) is 7.11 Å². The molecule has 0 saturated heterocycles. The number of aromatic nitrogens is 1. The number of thiophene rings is 1. The Labute approximate surface area is 121 Å². The van der Waals surface area contributed by atoms with E-state index in [1.54, 1.807) is 6.07 Å². The fourth-order valence-corrected chi connectivity index (χ4v) is 2.64. The van der Waals surface area contributed by atoms with Gasteiger partial charge in [-0.15, -0.1) is 11.3 Å². The summed E-state index contributed by atoms with van der Waals surface area (Å²) >= 11 is 1.07. The maximum atomic E-state index is 12.7. The average molecular weight is 317 g/mol. The zero-order valence-corrected chi connectivity index (χ0v) is 11.6. The van der Waals surface area contributed by atoms with Gasteiger partial charge in [-0.1, -0.05) is 0 Å². The van der Waals surface area contributed by atoms with Crippen LogP contribution in [0.1, 0.15) is 20.1 Å². The van der Waals surface area contributed by atoms with Crippen molar-refractivity contribution in [3.05, 3.63) is 56.1 Å². The van der Waals surface area contributed by atoms with Crippen LogP contribution in [-0.2, 0) is 17.5 Å². The lowest BCUT2D eigenvalue weighted by Crippen LogP contribution is -2.28. The molecule has 0 aromatic carbocycles. The number of carbonyl (C=O) groups is 1. The van der Waals surface area contributed by atoms with E-state index in [-0.39, 0.29) is 6.54 Å². The van der Waals surface area contributed by atoms with Crippen LogP contribution in [0.5, 0.6) is 0 Å². The molecule has 0 atom stereocenters. The molecule has 0 bridgehead atoms. The summed E-state index contributed by atoms with van der Waals surface area (Å²) in [4.78, 5) is 24.0. The molecule has 0 unspecified atom stereocenters. The van der Waals surface area contributed by atoms with Crippen LogP contribution >= 0.6 is 11.3 Å². The van der Waals surface area contributed by atoms with Crippen LogP contribution < -0.4 is 5.56 Å². The Bertz CT molecular complexity index is 718. The summed E-state index contributed by atoms with van der Waals surface area (Å²) in [5.41, 5.74) is -2.33. The van der Waals surface area contributed by atoms with Crippen LogP contribution in [0.4, 0.5) is 13.2 Å². The Kier molecular flexibility index (Phi) is 4.17. The molecule has 0 radical (unpaired) electrons. The summed E-state index contributed by atoms with van der Waals surface area (Å²) in [7, 11) is 1.24. The number of esters is 1. The molecule has 21 heavy (non-hydrogen) atoms. The second-order valence-electron chi connectivity index (χ2n) is 4.11. The third-order valence-electron chi connectivity index (χ3n) is 2.70. The van der Waals surface area contributed by atoms with Crippen LogP contribution in [0, 0.1) is 0 Å². The normalized spacial score (nSPS) is 11.4. The lowest BCUT2D eigenvalue weighted by Gasteiger charge is -2.09. The van der Waals surface area contributed by atoms with Crippen LogP contribution in [0.3, 0.4) is 0 Å². The number of alkyl halides is 3. The summed E-state index contributed by atoms with van der Waals surface area (Å²) in [6.45, 7) is -0.0373. The van der Waals surface area contributed by atoms with Crippen molar-refractivity contribution in [3.8, 4) is 0 Å². The predicted molar refractivity (Wildman–Crippen MR) is 70.5 cm³/mol. The van der Waals surface area contributed by atoms with Gasteiger partial charge in [0.25, 0.3) is 5.56 Å². The first-order valence-electron chi connectivity index (χ1n) is 5.76. The van der Waals surface area contributed by atoms with Gasteiger partial charge in [0.2, 0.25) is 0 Å². The molecule has 0 amide bonds. The van der Waals surface area contributed by atoms with Gasteiger partial charge in [-0.25, -0.2) is 4.79 Å². The fraction of sp³-hybridized carbons (Fsp3) is 0.231. The largest absolute Gasteiger partial charge is 0.465 e. The van der Waals surface area contributed by atoms with Gasteiger partial charge in [0.1, 0.15) is 10.4 Å². The fourth-order valence-electron chi connectivity index (χ4n) is 1.72. The molecule has 0 fully saturated rings. The van der Waals surface area contributed by atoms with E-state index in [9.17, 15) is 22.8 Å². The third-order valence-corrected chi connectivity index (χ3v) is 3.75. The monoisotopic (exact) mass is 317 g/mol. The van der Waals surface area contributed by atoms with Crippen molar-refractivity contribution in [3.63, 3.8) is 0 Å². The minimum absolute atomic E-state index is 0.0373. The molecular formula is C13H10F3NO3S. The topological polar surface area (TPSA) is 48.3 Å². The maximum Gasteiger partial charge on any atom is 0.421 e. The smallest absolute Gasteiger partial charge is 0.421 e. The van der Waals surface area contributed by atoms with Gasteiger partial charge >= 0.3 is 12.1 Å². The molecule has 0 spiro atoms. The Hall–Kier alpha value is -2.09. The number of hydrogen-bond donors (Lipinski definition) is 0. The van der Waals surface area contributed by atoms with Gasteiger partial charge in [-0.05, 0) is 24.3 Å². The standard InChI is InChI=1S/C13H10F3NO3S/c1-20-12(19)10-5-4-8(21-10)7-17-6-2-3-9(11(17)18)13(14,15)16/h2-6H,7H2,1H3. The van der Waals surface area contributed by atoms with Crippen molar-refractivity contribution < 1.29 is 22.7 Å². The summed E-state index contributed by atoms with van der Waals surface area (Å²) in [6, 6.07) is 4.99. The SMILES string of the molecule is COC(=O)c1ccc(Cn2cccc(C(F)(F)F)c2=O)s1. The van der Waals surface area contributed by atoms with E-state index in [4.69, 9.17) is 0 Å². The second kappa shape index (κ2) is 5.72. The number of ether oxygens (including phenoxy) is 1. The highest BCUT2D eigenvalue weighted by Crippen LogP contribution is 2.26. The summed E-state index contributed by atoms with van der Waals surface area (Å²) in [5.74, 6) is -0.525. The Morgan fingerprint density at radius 3 is 2.67 bits per heavy atom. The zero-order chi connectivity index (χ0) is 15.6. The van der Waals surface area contributed by atoms with Crippen molar-refractivity contribution in [2.45, 2.75) is 12.7 Å². The Balaban J connectivity index is 2.31. The molecule has 0 aliphatic carbocycles. The highest BCUT2D eigenvalue weighted by molar-refractivity contribution is 7.13. The van der Waals surface area contributed by atoms with Gasteiger partial charge in [-0.3, -0.25) is 4.79 Å². The van der Waals surface area contributed by atoms with E-state index in [1.807, 2.05) is 0 Å². The highest BCUT2D eigenvalue weighted by atomic mass is 32.1. The van der Waals surface area contributed by atoms with Crippen LogP contribution in [0.25, 0.3) is 0 Å². The number of pyridine rings is 1. The van der Waals surface area contributed by atoms with Gasteiger partial charge in [-0.2, -0.15) is 13.2 Å². The molecule has 8 heteroatoms. The van der Waals surface area contributed by atoms with Crippen molar-refractivity contribution in [1.82, 2.24) is 4.57 Å². The molecule has 0 saturated carbocycles. The number of halogens is 3. The third kappa shape index (κ3) is 3.33. The molecule has 0 aliphatic rings. The number of methoxy groups -OCH3 is 1. The number of nitrogens with zero attached hydrogens (tertiary/aromatic N) is 1. The summed E-state index contributed by atoms with van der Waals surface area (Å²) in [5, 5.41) is 0. The van der Waals surface area contributed by atoms with Crippen molar-refractivity contribution in [1.29, 1.82) is 0 Å². The van der Waals surface area contributed by atoms with Gasteiger partial charge in [0.15, 0.2) is 0 Å². The molecule has 112 valence electrons. The Morgan fingerprint density at radius 1 is 1.33 bits per heavy atom. The van der Waals surface area contributed by atoms with Crippen LogP contribution in [0.15, 0.2) is 35.3 Å². The van der Waals surface area contributed by atoms with E-state index >= 15 is 0 Å². The molecule has 4 nitrogen and oxygen atoms in total. The second-order valence-corrected chi connectivity index (χ2v) is 5.28. The van der Waals surface area contributed by atoms with Gasteiger partial charge < -0.3 is 9.30 Å². The zero-order valence-electron chi connectivity index (χ0n) is 10.8. The molecule has 0 N–H and O–H groups in total. The number of carbonyl (C=O) groups excluding carboxylic acids is 1. The van der Waals surface area contributed by atoms with E-state index in [1.165, 1.54) is 25.4 Å². The lowest BCUT2D eigenvalue weighted by molar-refractivity contribution is -0.138. The molecular weight excluding hydrogens is 307 g/mol. The first-order valence-corrected chi connectivity index (χ1v) is 6.58. The minimum Gasteiger partial charge on any atom is -0.465 e. The number of rotatable bonds is 3. The predicted octanol–water partition coefficient (Wildman–Crippen LogP) is 2.76. The molecule has 2 rings (SSSR count). The molecule has 2 aromatic heterocycles. The van der Waals surface area contributed by atoms with Gasteiger partial charge in [0.05, 0.1) is 13.7 Å². The Morgan fingerprint density at radius 2 is 2.05 bits per heavy atom. The maximum absolute atomic E-state index is 12.7. The summed E-state index contributed by atoms with van der Waals surface area (Å²) < 4.78 is 43.4. The van der Waals surface area contributed by atoms with Crippen LogP contribution in [-0.4, -0.2) is 17.6 Å². The average Bonchev–Trinajstić information content (AvgIpc) is 2.87. The first-order chi connectivity index (χ1) is 9.82. The number of hydrogen-bond acceptors (Lipinski definition) is 4. The minimum atomic E-state index is -4.69.